The Hall–Kier alpha value is -1.74. The van der Waals surface area contributed by atoms with Gasteiger partial charge in [0.15, 0.2) is 0 Å². The van der Waals surface area contributed by atoms with Gasteiger partial charge in [-0.25, -0.2) is 0 Å². The Morgan fingerprint density at radius 2 is 1.43 bits per heavy atom. The first-order valence-corrected chi connectivity index (χ1v) is 10.1. The van der Waals surface area contributed by atoms with Crippen LogP contribution in [-0.2, 0) is 5.41 Å². The third kappa shape index (κ3) is 5.69. The molecule has 0 atom stereocenters. The van der Waals surface area contributed by atoms with Crippen molar-refractivity contribution < 1.29 is 0 Å². The number of hydrogen-bond acceptors (Lipinski definition) is 0. The Kier molecular flexibility index (Phi) is 14.9. The molecule has 0 unspecified atom stereocenters. The van der Waals surface area contributed by atoms with Gasteiger partial charge in [-0.05, 0) is 67.7 Å². The van der Waals surface area contributed by atoms with Crippen molar-refractivity contribution in [2.45, 2.75) is 116 Å². The maximum absolute atomic E-state index is 3.43. The standard InChI is InChI=1S/C23H26.C2H6.5CH4/c1-16-10-12-23(13-11-16)21-14-17(2)6-4-5-7-19(21)20-9-8-18(3)15-22(20)23;1-2;;;;;/h8-9,14-16H,6-7,10-13H2,1-3H3;1-2H3;5*1H4/b17-14-;;;;;;. The fourth-order valence-corrected chi connectivity index (χ4v) is 4.76. The maximum Gasteiger partial charge on any atom is 0.0349 e. The molecular formula is C30H52. The molecule has 0 saturated heterocycles. The molecule has 0 aliphatic heterocycles. The van der Waals surface area contributed by atoms with Crippen molar-refractivity contribution in [3.8, 4) is 11.8 Å². The predicted molar refractivity (Wildman–Crippen MR) is 143 cm³/mol. The zero-order chi connectivity index (χ0) is 18.0. The molecule has 4 rings (SSSR count). The Balaban J connectivity index is -0.00000101. The Morgan fingerprint density at radius 3 is 2.03 bits per heavy atom. The van der Waals surface area contributed by atoms with Crippen LogP contribution in [0.1, 0.15) is 120 Å². The van der Waals surface area contributed by atoms with E-state index >= 15 is 0 Å². The van der Waals surface area contributed by atoms with Crippen LogP contribution < -0.4 is 0 Å². The summed E-state index contributed by atoms with van der Waals surface area (Å²) in [6.45, 7) is 10.9. The second-order valence-electron chi connectivity index (χ2n) is 7.90. The van der Waals surface area contributed by atoms with E-state index < -0.39 is 0 Å². The van der Waals surface area contributed by atoms with E-state index in [0.29, 0.717) is 0 Å². The van der Waals surface area contributed by atoms with Gasteiger partial charge in [0.1, 0.15) is 0 Å². The van der Waals surface area contributed by atoms with Crippen molar-refractivity contribution in [2.75, 3.05) is 0 Å². The van der Waals surface area contributed by atoms with Crippen molar-refractivity contribution in [3.63, 3.8) is 0 Å². The highest BCUT2D eigenvalue weighted by molar-refractivity contribution is 5.84. The average molecular weight is 413 g/mol. The zero-order valence-electron chi connectivity index (χ0n) is 16.6. The van der Waals surface area contributed by atoms with Crippen molar-refractivity contribution in [3.05, 3.63) is 52.1 Å². The summed E-state index contributed by atoms with van der Waals surface area (Å²) in [6, 6.07) is 7.10. The molecule has 1 saturated carbocycles. The van der Waals surface area contributed by atoms with Gasteiger partial charge in [0, 0.05) is 18.3 Å². The van der Waals surface area contributed by atoms with Gasteiger partial charge in [-0.1, -0.05) is 105 Å². The van der Waals surface area contributed by atoms with Gasteiger partial charge in [-0.15, -0.1) is 0 Å². The first-order valence-electron chi connectivity index (χ1n) is 10.1. The Labute approximate surface area is 191 Å². The van der Waals surface area contributed by atoms with Crippen LogP contribution in [0.15, 0.2) is 35.4 Å². The number of benzene rings is 1. The lowest BCUT2D eigenvalue weighted by atomic mass is 9.64. The smallest absolute Gasteiger partial charge is 0.0349 e. The van der Waals surface area contributed by atoms with Crippen LogP contribution in [-0.4, -0.2) is 0 Å². The molecule has 0 N–H and O–H groups in total. The summed E-state index contributed by atoms with van der Waals surface area (Å²) in [6.07, 6.45) is 9.66. The van der Waals surface area contributed by atoms with Gasteiger partial charge in [0.05, 0.1) is 0 Å². The van der Waals surface area contributed by atoms with E-state index in [4.69, 9.17) is 0 Å². The Bertz CT molecular complexity index is 768. The summed E-state index contributed by atoms with van der Waals surface area (Å²) >= 11 is 0. The van der Waals surface area contributed by atoms with Crippen molar-refractivity contribution >= 4 is 5.57 Å². The molecule has 0 aromatic heterocycles. The maximum atomic E-state index is 3.43. The second kappa shape index (κ2) is 13.5. The van der Waals surface area contributed by atoms with Crippen molar-refractivity contribution in [1.82, 2.24) is 0 Å². The van der Waals surface area contributed by atoms with Gasteiger partial charge in [0.25, 0.3) is 0 Å². The van der Waals surface area contributed by atoms with Gasteiger partial charge >= 0.3 is 0 Å². The molecule has 30 heavy (non-hydrogen) atoms. The minimum Gasteiger partial charge on any atom is -0.0985 e. The molecule has 1 aromatic rings. The van der Waals surface area contributed by atoms with Gasteiger partial charge < -0.3 is 0 Å². The molecule has 0 bridgehead atoms. The molecule has 0 amide bonds. The van der Waals surface area contributed by atoms with Crippen LogP contribution in [0.3, 0.4) is 0 Å². The first-order chi connectivity index (χ1) is 12.1. The molecule has 3 aliphatic rings. The molecule has 3 aliphatic carbocycles. The van der Waals surface area contributed by atoms with E-state index in [-0.39, 0.29) is 42.5 Å². The number of allylic oxidation sites excluding steroid dienone is 4. The highest BCUT2D eigenvalue weighted by atomic mass is 14.5. The molecule has 1 fully saturated rings. The van der Waals surface area contributed by atoms with Crippen LogP contribution in [0.25, 0.3) is 5.57 Å². The van der Waals surface area contributed by atoms with Crippen LogP contribution >= 0.6 is 0 Å². The molecule has 0 radical (unpaired) electrons. The zero-order valence-corrected chi connectivity index (χ0v) is 16.6. The van der Waals surface area contributed by atoms with E-state index in [1.165, 1.54) is 48.0 Å². The van der Waals surface area contributed by atoms with E-state index in [1.54, 1.807) is 11.1 Å². The summed E-state index contributed by atoms with van der Waals surface area (Å²) in [4.78, 5) is 0. The normalized spacial score (nSPS) is 24.3. The highest BCUT2D eigenvalue weighted by Crippen LogP contribution is 2.56. The summed E-state index contributed by atoms with van der Waals surface area (Å²) in [7, 11) is 0. The van der Waals surface area contributed by atoms with Crippen LogP contribution in [0.5, 0.6) is 0 Å². The lowest BCUT2D eigenvalue weighted by Gasteiger charge is -2.39. The summed E-state index contributed by atoms with van der Waals surface area (Å²) in [5, 5.41) is 0. The van der Waals surface area contributed by atoms with Crippen molar-refractivity contribution in [1.29, 1.82) is 0 Å². The topological polar surface area (TPSA) is 0 Å². The third-order valence-electron chi connectivity index (χ3n) is 6.13. The fourth-order valence-electron chi connectivity index (χ4n) is 4.76. The molecule has 172 valence electrons. The van der Waals surface area contributed by atoms with Crippen LogP contribution in [0.2, 0.25) is 0 Å². The van der Waals surface area contributed by atoms with E-state index in [0.717, 1.165) is 18.8 Å². The van der Waals surface area contributed by atoms with Crippen LogP contribution in [0, 0.1) is 24.7 Å². The lowest BCUT2D eigenvalue weighted by Crippen LogP contribution is -2.31. The summed E-state index contributed by atoms with van der Waals surface area (Å²) < 4.78 is 0. The monoisotopic (exact) mass is 412 g/mol. The SMILES string of the molecule is C.C.C.C.C.C/C1=C/C2=C(CC#CC1)c1ccc(C)cc1C21CCC(C)CC1.CC. The minimum atomic E-state index is 0. The number of hydrogen-bond donors (Lipinski definition) is 0. The van der Waals surface area contributed by atoms with Crippen molar-refractivity contribution in [2.24, 2.45) is 5.92 Å². The van der Waals surface area contributed by atoms with E-state index in [9.17, 15) is 0 Å². The predicted octanol–water partition coefficient (Wildman–Crippen LogP) is 10.2. The quantitative estimate of drug-likeness (QED) is 0.372. The first kappa shape index (κ1) is 32.9. The molecule has 1 aromatic carbocycles. The number of aryl methyl sites for hydroxylation is 1. The molecule has 0 heterocycles. The highest BCUT2D eigenvalue weighted by Gasteiger charge is 2.45. The van der Waals surface area contributed by atoms with Gasteiger partial charge in [0.2, 0.25) is 0 Å². The molecule has 0 nitrogen and oxygen atoms in total. The van der Waals surface area contributed by atoms with Gasteiger partial charge in [-0.3, -0.25) is 0 Å². The second-order valence-corrected chi connectivity index (χ2v) is 7.90. The molecule has 1 spiro atoms. The Morgan fingerprint density at radius 1 is 0.867 bits per heavy atom. The number of fused-ring (bicyclic) bond motifs is 4. The molecule has 0 heteroatoms. The van der Waals surface area contributed by atoms with Crippen LogP contribution in [0.4, 0.5) is 0 Å². The lowest BCUT2D eigenvalue weighted by molar-refractivity contribution is 0.283. The largest absolute Gasteiger partial charge is 0.0985 e. The third-order valence-corrected chi connectivity index (χ3v) is 6.13. The fraction of sp³-hybridized carbons (Fsp3) is 0.600. The average Bonchev–Trinajstić information content (AvgIpc) is 2.83. The van der Waals surface area contributed by atoms with Gasteiger partial charge in [-0.2, -0.15) is 0 Å². The summed E-state index contributed by atoms with van der Waals surface area (Å²) in [5.41, 5.74) is 9.29. The minimum absolute atomic E-state index is 0. The number of rotatable bonds is 0. The summed E-state index contributed by atoms with van der Waals surface area (Å²) in [5.74, 6) is 7.64. The molecular weight excluding hydrogens is 360 g/mol. The van der Waals surface area contributed by atoms with E-state index in [1.807, 2.05) is 13.8 Å². The van der Waals surface area contributed by atoms with E-state index in [2.05, 4.69) is 56.9 Å².